The van der Waals surface area contributed by atoms with Gasteiger partial charge in [-0.3, -0.25) is 4.79 Å². The van der Waals surface area contributed by atoms with Gasteiger partial charge < -0.3 is 11.1 Å². The number of nitrogens with one attached hydrogen (secondary N) is 1. The van der Waals surface area contributed by atoms with Gasteiger partial charge in [0.15, 0.2) is 0 Å². The predicted molar refractivity (Wildman–Crippen MR) is 46.1 cm³/mol. The van der Waals surface area contributed by atoms with Crippen LogP contribution in [0.4, 0.5) is 0 Å². The summed E-state index contributed by atoms with van der Waals surface area (Å²) >= 11 is 0. The molecule has 0 radical (unpaired) electrons. The van der Waals surface area contributed by atoms with Crippen LogP contribution in [0.3, 0.4) is 0 Å². The van der Waals surface area contributed by atoms with Crippen LogP contribution in [0, 0.1) is 0 Å². The molecule has 0 rings (SSSR count). The maximum atomic E-state index is 10.5. The molecule has 0 bridgehead atoms. The van der Waals surface area contributed by atoms with Crippen molar-refractivity contribution in [3.05, 3.63) is 12.2 Å². The largest absolute Gasteiger partial charge is 0.368 e. The fourth-order valence-electron chi connectivity index (χ4n) is 0.603. The normalized spacial score (nSPS) is 12.5. The molecule has 0 saturated carbocycles. The molecule has 0 spiro atoms. The molecule has 3 nitrogen and oxygen atoms in total. The van der Waals surface area contributed by atoms with E-state index in [2.05, 4.69) is 11.9 Å². The Morgan fingerprint density at radius 1 is 1.73 bits per heavy atom. The number of amides is 1. The molecule has 0 aliphatic carbocycles. The lowest BCUT2D eigenvalue weighted by Gasteiger charge is -2.08. The molecule has 3 heteroatoms. The molecule has 0 heterocycles. The van der Waals surface area contributed by atoms with E-state index in [1.165, 1.54) is 0 Å². The van der Waals surface area contributed by atoms with Crippen LogP contribution < -0.4 is 11.1 Å². The third kappa shape index (κ3) is 5.61. The lowest BCUT2D eigenvalue weighted by atomic mass is 10.2. The molecule has 0 saturated heterocycles. The first kappa shape index (κ1) is 10.2. The van der Waals surface area contributed by atoms with Gasteiger partial charge in [-0.25, -0.2) is 0 Å². The number of hydrogen-bond donors (Lipinski definition) is 2. The van der Waals surface area contributed by atoms with E-state index in [1.807, 2.05) is 6.92 Å². The number of carbonyl (C=O) groups is 1. The Morgan fingerprint density at radius 2 is 2.27 bits per heavy atom. The van der Waals surface area contributed by atoms with Crippen molar-refractivity contribution in [2.45, 2.75) is 26.3 Å². The molecule has 64 valence electrons. The van der Waals surface area contributed by atoms with E-state index in [9.17, 15) is 4.79 Å². The SMILES string of the molecule is C=C(C)CCNC(C)C(N)=O. The third-order valence-corrected chi connectivity index (χ3v) is 1.43. The minimum Gasteiger partial charge on any atom is -0.368 e. The first-order valence-corrected chi connectivity index (χ1v) is 3.71. The third-order valence-electron chi connectivity index (χ3n) is 1.43. The highest BCUT2D eigenvalue weighted by Gasteiger charge is 2.05. The second-order valence-corrected chi connectivity index (χ2v) is 2.79. The second kappa shape index (κ2) is 4.91. The molecule has 0 aliphatic heterocycles. The highest BCUT2D eigenvalue weighted by molar-refractivity contribution is 5.79. The minimum absolute atomic E-state index is 0.241. The van der Waals surface area contributed by atoms with Gasteiger partial charge >= 0.3 is 0 Å². The Morgan fingerprint density at radius 3 is 2.64 bits per heavy atom. The van der Waals surface area contributed by atoms with Gasteiger partial charge in [-0.15, -0.1) is 6.58 Å². The monoisotopic (exact) mass is 156 g/mol. The average Bonchev–Trinajstić information content (AvgIpc) is 1.86. The number of rotatable bonds is 5. The van der Waals surface area contributed by atoms with Gasteiger partial charge in [0.05, 0.1) is 6.04 Å². The lowest BCUT2D eigenvalue weighted by molar-refractivity contribution is -0.119. The van der Waals surface area contributed by atoms with Crippen LogP contribution in [0.15, 0.2) is 12.2 Å². The molecular weight excluding hydrogens is 140 g/mol. The van der Waals surface area contributed by atoms with E-state index in [4.69, 9.17) is 5.73 Å². The summed E-state index contributed by atoms with van der Waals surface area (Å²) in [5.74, 6) is -0.313. The molecule has 3 N–H and O–H groups in total. The summed E-state index contributed by atoms with van der Waals surface area (Å²) in [5, 5.41) is 2.98. The smallest absolute Gasteiger partial charge is 0.234 e. The maximum Gasteiger partial charge on any atom is 0.234 e. The van der Waals surface area contributed by atoms with Gasteiger partial charge in [0.2, 0.25) is 5.91 Å². The predicted octanol–water partition coefficient (Wildman–Crippen LogP) is 0.416. The Bertz CT molecular complexity index is 154. The number of primary amides is 1. The summed E-state index contributed by atoms with van der Waals surface area (Å²) in [5.41, 5.74) is 6.13. The van der Waals surface area contributed by atoms with Crippen molar-refractivity contribution < 1.29 is 4.79 Å². The average molecular weight is 156 g/mol. The molecule has 1 unspecified atom stereocenters. The van der Waals surface area contributed by atoms with Gasteiger partial charge in [-0.1, -0.05) is 5.57 Å². The van der Waals surface area contributed by atoms with Crippen LogP contribution in [0.25, 0.3) is 0 Å². The second-order valence-electron chi connectivity index (χ2n) is 2.79. The molecule has 0 fully saturated rings. The molecule has 0 aromatic heterocycles. The minimum atomic E-state index is -0.313. The van der Waals surface area contributed by atoms with E-state index in [1.54, 1.807) is 6.92 Å². The highest BCUT2D eigenvalue weighted by Crippen LogP contribution is 1.92. The van der Waals surface area contributed by atoms with Crippen LogP contribution in [-0.4, -0.2) is 18.5 Å². The van der Waals surface area contributed by atoms with Gasteiger partial charge in [0, 0.05) is 0 Å². The van der Waals surface area contributed by atoms with Crippen LogP contribution >= 0.6 is 0 Å². The van der Waals surface area contributed by atoms with Crippen molar-refractivity contribution in [1.82, 2.24) is 5.32 Å². The first-order chi connectivity index (χ1) is 5.04. The first-order valence-electron chi connectivity index (χ1n) is 3.71. The quantitative estimate of drug-likeness (QED) is 0.567. The highest BCUT2D eigenvalue weighted by atomic mass is 16.1. The fourth-order valence-corrected chi connectivity index (χ4v) is 0.603. The summed E-state index contributed by atoms with van der Waals surface area (Å²) in [4.78, 5) is 10.5. The van der Waals surface area contributed by atoms with Gasteiger partial charge in [0.1, 0.15) is 0 Å². The van der Waals surface area contributed by atoms with Crippen molar-refractivity contribution in [2.24, 2.45) is 5.73 Å². The van der Waals surface area contributed by atoms with E-state index in [0.717, 1.165) is 18.5 Å². The van der Waals surface area contributed by atoms with Crippen LogP contribution in [0.5, 0.6) is 0 Å². The molecule has 0 aliphatic rings. The zero-order chi connectivity index (χ0) is 8.85. The zero-order valence-corrected chi connectivity index (χ0v) is 7.18. The topological polar surface area (TPSA) is 55.1 Å². The van der Waals surface area contributed by atoms with Crippen molar-refractivity contribution in [3.8, 4) is 0 Å². The molecule has 1 atom stereocenters. The van der Waals surface area contributed by atoms with Crippen LogP contribution in [0.2, 0.25) is 0 Å². The summed E-state index contributed by atoms with van der Waals surface area (Å²) in [6.07, 6.45) is 0.887. The standard InChI is InChI=1S/C8H16N2O/c1-6(2)4-5-10-7(3)8(9)11/h7,10H,1,4-5H2,2-3H3,(H2,9,11). The summed E-state index contributed by atoms with van der Waals surface area (Å²) < 4.78 is 0. The van der Waals surface area contributed by atoms with Gasteiger partial charge in [-0.05, 0) is 26.8 Å². The van der Waals surface area contributed by atoms with E-state index < -0.39 is 0 Å². The maximum absolute atomic E-state index is 10.5. The van der Waals surface area contributed by atoms with E-state index in [-0.39, 0.29) is 11.9 Å². The Labute approximate surface area is 67.7 Å². The number of hydrogen-bond acceptors (Lipinski definition) is 2. The fraction of sp³-hybridized carbons (Fsp3) is 0.625. The summed E-state index contributed by atoms with van der Waals surface area (Å²) in [6, 6.07) is -0.241. The summed E-state index contributed by atoms with van der Waals surface area (Å²) in [7, 11) is 0. The molecular formula is C8H16N2O. The number of carbonyl (C=O) groups excluding carboxylic acids is 1. The molecule has 0 aromatic carbocycles. The van der Waals surface area contributed by atoms with Gasteiger partial charge in [0.25, 0.3) is 0 Å². The zero-order valence-electron chi connectivity index (χ0n) is 7.18. The van der Waals surface area contributed by atoms with Crippen molar-refractivity contribution in [1.29, 1.82) is 0 Å². The number of nitrogens with two attached hydrogens (primary N) is 1. The Balaban J connectivity index is 3.39. The molecule has 11 heavy (non-hydrogen) atoms. The van der Waals surface area contributed by atoms with Crippen molar-refractivity contribution in [3.63, 3.8) is 0 Å². The van der Waals surface area contributed by atoms with E-state index in [0.29, 0.717) is 0 Å². The van der Waals surface area contributed by atoms with Crippen LogP contribution in [-0.2, 0) is 4.79 Å². The lowest BCUT2D eigenvalue weighted by Crippen LogP contribution is -2.39. The Kier molecular flexibility index (Phi) is 4.54. The Hall–Kier alpha value is -0.830. The van der Waals surface area contributed by atoms with Crippen LogP contribution in [0.1, 0.15) is 20.3 Å². The van der Waals surface area contributed by atoms with Crippen molar-refractivity contribution in [2.75, 3.05) is 6.54 Å². The van der Waals surface area contributed by atoms with Gasteiger partial charge in [-0.2, -0.15) is 0 Å². The van der Waals surface area contributed by atoms with Crippen molar-refractivity contribution >= 4 is 5.91 Å². The molecule has 0 aromatic rings. The molecule has 1 amide bonds. The van der Waals surface area contributed by atoms with E-state index >= 15 is 0 Å². The summed E-state index contributed by atoms with van der Waals surface area (Å²) in [6.45, 7) is 8.21.